The number of unbranched alkanes of at least 4 members (excludes halogenated alkanes) is 1. The van der Waals surface area contributed by atoms with Crippen molar-refractivity contribution < 1.29 is 4.79 Å². The molecule has 0 fully saturated rings. The van der Waals surface area contributed by atoms with Crippen molar-refractivity contribution in [1.82, 2.24) is 5.32 Å². The van der Waals surface area contributed by atoms with E-state index in [1.807, 2.05) is 31.2 Å². The number of carbonyl (C=O) groups excluding carboxylic acids is 1. The van der Waals surface area contributed by atoms with Gasteiger partial charge < -0.3 is 5.32 Å². The minimum absolute atomic E-state index is 0.261. The van der Waals surface area contributed by atoms with Crippen LogP contribution in [0.25, 0.3) is 0 Å². The van der Waals surface area contributed by atoms with Crippen molar-refractivity contribution in [3.8, 4) is 0 Å². The monoisotopic (exact) mass is 233 g/mol. The molecule has 0 aliphatic carbocycles. The minimum atomic E-state index is -0.352. The van der Waals surface area contributed by atoms with Crippen LogP contribution in [0.3, 0.4) is 0 Å². The van der Waals surface area contributed by atoms with Gasteiger partial charge in [-0.2, -0.15) is 0 Å². The molecule has 0 atom stereocenters. The van der Waals surface area contributed by atoms with E-state index in [0.717, 1.165) is 24.1 Å². The molecule has 0 bridgehead atoms. The van der Waals surface area contributed by atoms with Crippen molar-refractivity contribution in [2.75, 3.05) is 5.32 Å². The topological polar surface area (TPSA) is 65.0 Å². The number of nitrogens with one attached hydrogen (secondary N) is 3. The molecule has 0 aromatic heterocycles. The van der Waals surface area contributed by atoms with E-state index in [1.165, 1.54) is 0 Å². The molecule has 4 nitrogen and oxygen atoms in total. The molecule has 0 unspecified atom stereocenters. The third-order valence-electron chi connectivity index (χ3n) is 2.35. The van der Waals surface area contributed by atoms with Gasteiger partial charge in [-0.25, -0.2) is 4.79 Å². The van der Waals surface area contributed by atoms with E-state index in [-0.39, 0.29) is 11.9 Å². The highest BCUT2D eigenvalue weighted by Crippen LogP contribution is 2.08. The molecule has 17 heavy (non-hydrogen) atoms. The Kier molecular flexibility index (Phi) is 5.20. The van der Waals surface area contributed by atoms with E-state index in [4.69, 9.17) is 5.41 Å². The van der Waals surface area contributed by atoms with Gasteiger partial charge >= 0.3 is 6.03 Å². The Labute approximate surface area is 102 Å². The molecule has 0 spiro atoms. The Morgan fingerprint density at radius 2 is 1.94 bits per heavy atom. The average molecular weight is 233 g/mol. The Hall–Kier alpha value is -1.84. The highest BCUT2D eigenvalue weighted by atomic mass is 16.2. The first-order chi connectivity index (χ1) is 8.11. The van der Waals surface area contributed by atoms with Gasteiger partial charge in [-0.15, -0.1) is 0 Å². The van der Waals surface area contributed by atoms with Crippen LogP contribution in [0.5, 0.6) is 0 Å². The van der Waals surface area contributed by atoms with Crippen LogP contribution in [0.2, 0.25) is 0 Å². The number of urea groups is 1. The number of amides is 2. The summed E-state index contributed by atoms with van der Waals surface area (Å²) < 4.78 is 0. The zero-order valence-corrected chi connectivity index (χ0v) is 10.3. The molecule has 0 aliphatic heterocycles. The van der Waals surface area contributed by atoms with E-state index >= 15 is 0 Å². The SMILES string of the molecule is CCCCC(=N)NC(=O)Nc1ccc(C)cc1. The van der Waals surface area contributed by atoms with Gasteiger partial charge in [0, 0.05) is 12.1 Å². The van der Waals surface area contributed by atoms with Gasteiger partial charge in [0.1, 0.15) is 5.84 Å². The summed E-state index contributed by atoms with van der Waals surface area (Å²) >= 11 is 0. The highest BCUT2D eigenvalue weighted by molar-refractivity contribution is 6.02. The fraction of sp³-hybridized carbons (Fsp3) is 0.385. The lowest BCUT2D eigenvalue weighted by atomic mass is 10.2. The van der Waals surface area contributed by atoms with Crippen molar-refractivity contribution >= 4 is 17.6 Å². The third kappa shape index (κ3) is 5.15. The van der Waals surface area contributed by atoms with Crippen LogP contribution in [0.4, 0.5) is 10.5 Å². The van der Waals surface area contributed by atoms with Crippen LogP contribution >= 0.6 is 0 Å². The Balaban J connectivity index is 2.39. The predicted molar refractivity (Wildman–Crippen MR) is 70.6 cm³/mol. The molecule has 2 amide bonds. The maximum absolute atomic E-state index is 11.5. The summed E-state index contributed by atoms with van der Waals surface area (Å²) in [7, 11) is 0. The second kappa shape index (κ2) is 6.68. The quantitative estimate of drug-likeness (QED) is 0.542. The first-order valence-electron chi connectivity index (χ1n) is 5.84. The third-order valence-corrected chi connectivity index (χ3v) is 2.35. The number of aryl methyl sites for hydroxylation is 1. The van der Waals surface area contributed by atoms with Crippen molar-refractivity contribution in [2.45, 2.75) is 33.1 Å². The summed E-state index contributed by atoms with van der Waals surface area (Å²) in [6.07, 6.45) is 2.55. The predicted octanol–water partition coefficient (Wildman–Crippen LogP) is 3.28. The van der Waals surface area contributed by atoms with Crippen molar-refractivity contribution in [2.24, 2.45) is 0 Å². The number of benzene rings is 1. The van der Waals surface area contributed by atoms with Crippen LogP contribution in [-0.4, -0.2) is 11.9 Å². The molecular weight excluding hydrogens is 214 g/mol. The highest BCUT2D eigenvalue weighted by Gasteiger charge is 2.03. The van der Waals surface area contributed by atoms with Gasteiger partial charge in [-0.3, -0.25) is 10.7 Å². The summed E-state index contributed by atoms with van der Waals surface area (Å²) in [4.78, 5) is 11.5. The van der Waals surface area contributed by atoms with Crippen LogP contribution in [-0.2, 0) is 0 Å². The summed E-state index contributed by atoms with van der Waals surface area (Å²) in [5.41, 5.74) is 1.88. The maximum atomic E-state index is 11.5. The molecule has 0 saturated carbocycles. The van der Waals surface area contributed by atoms with Crippen molar-refractivity contribution in [1.29, 1.82) is 5.41 Å². The van der Waals surface area contributed by atoms with E-state index in [0.29, 0.717) is 6.42 Å². The van der Waals surface area contributed by atoms with Gasteiger partial charge in [0.2, 0.25) is 0 Å². The summed E-state index contributed by atoms with van der Waals surface area (Å²) in [5, 5.41) is 12.7. The Morgan fingerprint density at radius 3 is 2.53 bits per heavy atom. The first kappa shape index (κ1) is 13.2. The maximum Gasteiger partial charge on any atom is 0.324 e. The molecule has 0 saturated heterocycles. The number of carbonyl (C=O) groups is 1. The number of anilines is 1. The van der Waals surface area contributed by atoms with E-state index in [1.54, 1.807) is 0 Å². The Morgan fingerprint density at radius 1 is 1.29 bits per heavy atom. The lowest BCUT2D eigenvalue weighted by Gasteiger charge is -2.08. The van der Waals surface area contributed by atoms with Crippen molar-refractivity contribution in [3.05, 3.63) is 29.8 Å². The largest absolute Gasteiger partial charge is 0.324 e. The molecule has 1 aromatic rings. The van der Waals surface area contributed by atoms with Crippen molar-refractivity contribution in [3.63, 3.8) is 0 Å². The van der Waals surface area contributed by atoms with Crippen LogP contribution in [0.15, 0.2) is 24.3 Å². The molecule has 0 heterocycles. The number of rotatable bonds is 4. The number of hydrogen-bond acceptors (Lipinski definition) is 2. The lowest BCUT2D eigenvalue weighted by molar-refractivity contribution is 0.256. The summed E-state index contributed by atoms with van der Waals surface area (Å²) in [6, 6.07) is 7.18. The molecule has 1 rings (SSSR count). The summed E-state index contributed by atoms with van der Waals surface area (Å²) in [6.45, 7) is 4.05. The number of hydrogen-bond donors (Lipinski definition) is 3. The second-order valence-corrected chi connectivity index (χ2v) is 4.03. The van der Waals surface area contributed by atoms with Crippen LogP contribution in [0.1, 0.15) is 31.7 Å². The minimum Gasteiger partial charge on any atom is -0.308 e. The van der Waals surface area contributed by atoms with Gasteiger partial charge in [-0.1, -0.05) is 31.0 Å². The fourth-order valence-electron chi connectivity index (χ4n) is 1.35. The molecule has 0 radical (unpaired) electrons. The molecule has 92 valence electrons. The molecular formula is C13H19N3O. The first-order valence-corrected chi connectivity index (χ1v) is 5.84. The molecule has 3 N–H and O–H groups in total. The van der Waals surface area contributed by atoms with Crippen LogP contribution in [0, 0.1) is 12.3 Å². The van der Waals surface area contributed by atoms with Crippen LogP contribution < -0.4 is 10.6 Å². The molecule has 0 aliphatic rings. The molecule has 1 aromatic carbocycles. The second-order valence-electron chi connectivity index (χ2n) is 4.03. The van der Waals surface area contributed by atoms with Gasteiger partial charge in [0.25, 0.3) is 0 Å². The van der Waals surface area contributed by atoms with Gasteiger partial charge in [0.05, 0.1) is 0 Å². The van der Waals surface area contributed by atoms with Gasteiger partial charge in [0.15, 0.2) is 0 Å². The fourth-order valence-corrected chi connectivity index (χ4v) is 1.35. The van der Waals surface area contributed by atoms with E-state index in [9.17, 15) is 4.79 Å². The van der Waals surface area contributed by atoms with Gasteiger partial charge in [-0.05, 0) is 25.5 Å². The smallest absolute Gasteiger partial charge is 0.308 e. The van der Waals surface area contributed by atoms with E-state index < -0.39 is 0 Å². The number of amidine groups is 1. The summed E-state index contributed by atoms with van der Waals surface area (Å²) in [5.74, 6) is 0.261. The van der Waals surface area contributed by atoms with E-state index in [2.05, 4.69) is 17.6 Å². The zero-order valence-electron chi connectivity index (χ0n) is 10.3. The lowest BCUT2D eigenvalue weighted by Crippen LogP contribution is -2.33. The standard InChI is InChI=1S/C13H19N3O/c1-3-4-5-12(14)16-13(17)15-11-8-6-10(2)7-9-11/h6-9H,3-5H2,1-2H3,(H3,14,15,16,17). The average Bonchev–Trinajstić information content (AvgIpc) is 2.29. The normalized spacial score (nSPS) is 9.76. The zero-order chi connectivity index (χ0) is 12.7. The molecule has 4 heteroatoms. The Bertz CT molecular complexity index is 384.